The van der Waals surface area contributed by atoms with Gasteiger partial charge >= 0.3 is 0 Å². The Kier molecular flexibility index (Phi) is 2.37. The molecule has 0 saturated heterocycles. The quantitative estimate of drug-likeness (QED) is 0.734. The van der Waals surface area contributed by atoms with Gasteiger partial charge in [0.15, 0.2) is 5.78 Å². The molecule has 1 heteroatoms. The first-order valence-electron chi connectivity index (χ1n) is 6.31. The maximum absolute atomic E-state index is 12.2. The van der Waals surface area contributed by atoms with Crippen LogP contribution in [0.4, 0.5) is 0 Å². The van der Waals surface area contributed by atoms with Crippen molar-refractivity contribution in [3.05, 3.63) is 70.8 Å². The summed E-state index contributed by atoms with van der Waals surface area (Å²) in [6, 6.07) is 16.5. The molecule has 0 saturated carbocycles. The van der Waals surface area contributed by atoms with Gasteiger partial charge in [0.25, 0.3) is 0 Å². The molecule has 3 rings (SSSR count). The molecule has 90 valence electrons. The third kappa shape index (κ3) is 1.51. The first-order chi connectivity index (χ1) is 8.61. The molecule has 0 spiro atoms. The molecule has 1 unspecified atom stereocenters. The molecule has 0 amide bonds. The van der Waals surface area contributed by atoms with Crippen LogP contribution in [-0.2, 0) is 5.41 Å². The molecule has 1 aliphatic rings. The number of fused-ring (bicyclic) bond motifs is 1. The zero-order valence-corrected chi connectivity index (χ0v) is 10.7. The van der Waals surface area contributed by atoms with Crippen LogP contribution in [0.2, 0.25) is 0 Å². The van der Waals surface area contributed by atoms with Crippen molar-refractivity contribution in [1.29, 1.82) is 0 Å². The number of Topliss-reactive ketones (excluding diaryl/α,β-unsaturated/α-hetero) is 1. The maximum Gasteiger partial charge on any atom is 0.164 e. The second-order valence-corrected chi connectivity index (χ2v) is 5.35. The molecule has 1 nitrogen and oxygen atoms in total. The largest absolute Gasteiger partial charge is 0.294 e. The Hall–Kier alpha value is -1.89. The van der Waals surface area contributed by atoms with Gasteiger partial charge in [-0.25, -0.2) is 0 Å². The fourth-order valence-electron chi connectivity index (χ4n) is 2.95. The highest BCUT2D eigenvalue weighted by atomic mass is 16.1. The Labute approximate surface area is 107 Å². The molecule has 0 radical (unpaired) electrons. The van der Waals surface area contributed by atoms with E-state index in [2.05, 4.69) is 31.2 Å². The van der Waals surface area contributed by atoms with Crippen LogP contribution in [0.1, 0.15) is 40.4 Å². The van der Waals surface area contributed by atoms with Gasteiger partial charge in [0.05, 0.1) is 0 Å². The predicted molar refractivity (Wildman–Crippen MR) is 73.0 cm³/mol. The fourth-order valence-corrected chi connectivity index (χ4v) is 2.95. The molecule has 0 aliphatic heterocycles. The number of hydrogen-bond acceptors (Lipinski definition) is 1. The Balaban J connectivity index is 2.21. The summed E-state index contributed by atoms with van der Waals surface area (Å²) in [6.07, 6.45) is 0.579. The lowest BCUT2D eigenvalue weighted by Crippen LogP contribution is -2.20. The summed E-state index contributed by atoms with van der Waals surface area (Å²) in [4.78, 5) is 12.2. The van der Waals surface area contributed by atoms with Crippen molar-refractivity contribution in [2.24, 2.45) is 0 Å². The van der Waals surface area contributed by atoms with Gasteiger partial charge in [-0.05, 0) is 24.1 Å². The molecule has 18 heavy (non-hydrogen) atoms. The van der Waals surface area contributed by atoms with Gasteiger partial charge in [-0.15, -0.1) is 0 Å². The summed E-state index contributed by atoms with van der Waals surface area (Å²) in [5.74, 6) is 0.264. The third-order valence-corrected chi connectivity index (χ3v) is 3.99. The number of rotatable bonds is 1. The minimum Gasteiger partial charge on any atom is -0.294 e. The van der Waals surface area contributed by atoms with Gasteiger partial charge in [-0.3, -0.25) is 4.79 Å². The molecule has 0 fully saturated rings. The van der Waals surface area contributed by atoms with E-state index < -0.39 is 0 Å². The topological polar surface area (TPSA) is 17.1 Å². The lowest BCUT2D eigenvalue weighted by Gasteiger charge is -2.25. The number of ketones is 1. The Morgan fingerprint density at radius 1 is 1.06 bits per heavy atom. The van der Waals surface area contributed by atoms with Crippen molar-refractivity contribution in [2.75, 3.05) is 0 Å². The highest BCUT2D eigenvalue weighted by molar-refractivity contribution is 6.03. The number of carbonyl (C=O) groups excluding carboxylic acids is 1. The van der Waals surface area contributed by atoms with Crippen LogP contribution in [0.15, 0.2) is 48.5 Å². The van der Waals surface area contributed by atoms with E-state index in [1.807, 2.05) is 31.2 Å². The van der Waals surface area contributed by atoms with E-state index in [0.717, 1.165) is 11.1 Å². The number of aryl methyl sites for hydroxylation is 1. The van der Waals surface area contributed by atoms with Gasteiger partial charge in [0, 0.05) is 17.4 Å². The van der Waals surface area contributed by atoms with Crippen LogP contribution in [-0.4, -0.2) is 5.78 Å². The zero-order chi connectivity index (χ0) is 12.8. The van der Waals surface area contributed by atoms with Gasteiger partial charge in [0.1, 0.15) is 0 Å². The lowest BCUT2D eigenvalue weighted by atomic mass is 9.77. The molecule has 0 aromatic heterocycles. The van der Waals surface area contributed by atoms with E-state index in [1.165, 1.54) is 11.1 Å². The van der Waals surface area contributed by atoms with Crippen LogP contribution in [0.3, 0.4) is 0 Å². The van der Waals surface area contributed by atoms with Crippen molar-refractivity contribution >= 4 is 5.78 Å². The summed E-state index contributed by atoms with van der Waals surface area (Å²) in [6.45, 7) is 4.20. The Bertz CT molecular complexity index is 613. The Morgan fingerprint density at radius 2 is 1.78 bits per heavy atom. The lowest BCUT2D eigenvalue weighted by molar-refractivity contribution is 0.0982. The van der Waals surface area contributed by atoms with E-state index in [9.17, 15) is 4.79 Å². The van der Waals surface area contributed by atoms with Crippen LogP contribution < -0.4 is 0 Å². The van der Waals surface area contributed by atoms with Crippen LogP contribution in [0.5, 0.6) is 0 Å². The van der Waals surface area contributed by atoms with Gasteiger partial charge < -0.3 is 0 Å². The minimum atomic E-state index is -0.165. The van der Waals surface area contributed by atoms with Gasteiger partial charge in [-0.1, -0.05) is 55.0 Å². The molecule has 0 bridgehead atoms. The van der Waals surface area contributed by atoms with E-state index in [0.29, 0.717) is 6.42 Å². The Morgan fingerprint density at radius 3 is 2.50 bits per heavy atom. The molecule has 0 N–H and O–H groups in total. The second-order valence-electron chi connectivity index (χ2n) is 5.35. The monoisotopic (exact) mass is 236 g/mol. The smallest absolute Gasteiger partial charge is 0.164 e. The van der Waals surface area contributed by atoms with E-state index in [-0.39, 0.29) is 11.2 Å². The molecular weight excluding hydrogens is 220 g/mol. The fraction of sp³-hybridized carbons (Fsp3) is 0.235. The SMILES string of the molecule is Cc1ccc2c(c1)C(=O)CC2(C)c1ccccc1. The first kappa shape index (κ1) is 11.2. The molecular formula is C17H16O. The molecule has 1 atom stereocenters. The van der Waals surface area contributed by atoms with Crippen molar-refractivity contribution < 1.29 is 4.79 Å². The normalized spacial score (nSPS) is 22.0. The highest BCUT2D eigenvalue weighted by Crippen LogP contribution is 2.43. The van der Waals surface area contributed by atoms with Gasteiger partial charge in [-0.2, -0.15) is 0 Å². The zero-order valence-electron chi connectivity index (χ0n) is 10.7. The van der Waals surface area contributed by atoms with Crippen LogP contribution in [0, 0.1) is 6.92 Å². The summed E-state index contributed by atoms with van der Waals surface area (Å²) in [7, 11) is 0. The third-order valence-electron chi connectivity index (χ3n) is 3.99. The predicted octanol–water partition coefficient (Wildman–Crippen LogP) is 3.89. The second kappa shape index (κ2) is 3.81. The standard InChI is InChI=1S/C17H16O/c1-12-8-9-15-14(10-12)16(18)11-17(15,2)13-6-4-3-5-7-13/h3-10H,11H2,1-2H3. The first-order valence-corrected chi connectivity index (χ1v) is 6.31. The van der Waals surface area contributed by atoms with Crippen molar-refractivity contribution in [2.45, 2.75) is 25.7 Å². The number of benzene rings is 2. The molecule has 2 aromatic carbocycles. The minimum absolute atomic E-state index is 0.165. The highest BCUT2D eigenvalue weighted by Gasteiger charge is 2.40. The number of carbonyl (C=O) groups is 1. The van der Waals surface area contributed by atoms with Crippen LogP contribution in [0.25, 0.3) is 0 Å². The van der Waals surface area contributed by atoms with Crippen molar-refractivity contribution in [3.8, 4) is 0 Å². The number of hydrogen-bond donors (Lipinski definition) is 0. The maximum atomic E-state index is 12.2. The van der Waals surface area contributed by atoms with Crippen molar-refractivity contribution in [3.63, 3.8) is 0 Å². The summed E-state index contributed by atoms with van der Waals surface area (Å²) in [5, 5.41) is 0. The van der Waals surface area contributed by atoms with Crippen molar-refractivity contribution in [1.82, 2.24) is 0 Å². The summed E-state index contributed by atoms with van der Waals surface area (Å²) in [5.41, 5.74) is 4.28. The molecule has 0 heterocycles. The average molecular weight is 236 g/mol. The van der Waals surface area contributed by atoms with E-state index >= 15 is 0 Å². The van der Waals surface area contributed by atoms with Gasteiger partial charge in [0.2, 0.25) is 0 Å². The average Bonchev–Trinajstić information content (AvgIpc) is 2.63. The summed E-state index contributed by atoms with van der Waals surface area (Å²) < 4.78 is 0. The molecule has 2 aromatic rings. The van der Waals surface area contributed by atoms with Crippen LogP contribution >= 0.6 is 0 Å². The van der Waals surface area contributed by atoms with E-state index in [1.54, 1.807) is 0 Å². The van der Waals surface area contributed by atoms with E-state index in [4.69, 9.17) is 0 Å². The molecule has 1 aliphatic carbocycles. The summed E-state index contributed by atoms with van der Waals surface area (Å²) >= 11 is 0.